The lowest BCUT2D eigenvalue weighted by Gasteiger charge is -2.11. The summed E-state index contributed by atoms with van der Waals surface area (Å²) in [7, 11) is 0. The molecule has 1 unspecified atom stereocenters. The highest BCUT2D eigenvalue weighted by atomic mass is 32.2. The molecule has 4 aromatic heterocycles. The fourth-order valence-electron chi connectivity index (χ4n) is 3.40. The number of hydrogen-bond acceptors (Lipinski definition) is 8. The lowest BCUT2D eigenvalue weighted by Crippen LogP contribution is -2.12. The normalized spacial score (nSPS) is 12.6. The highest BCUT2D eigenvalue weighted by Crippen LogP contribution is 2.35. The highest BCUT2D eigenvalue weighted by molar-refractivity contribution is 7.99. The zero-order chi connectivity index (χ0) is 22.2. The standard InChI is InChI=1S/C22H20N6O2S2/c1-12(2)14-6-8-15(9-7-14)28-22(25-26-27-28)32-13(3)19-23-20(29)18-16(11-31-21(18)24-19)17-5-4-10-30-17/h4-13H,1-3H3,(H,23,24,29). The smallest absolute Gasteiger partial charge is 0.260 e. The second-order valence-electron chi connectivity index (χ2n) is 7.64. The van der Waals surface area contributed by atoms with E-state index in [1.807, 2.05) is 30.5 Å². The summed E-state index contributed by atoms with van der Waals surface area (Å²) in [4.78, 5) is 21.2. The summed E-state index contributed by atoms with van der Waals surface area (Å²) in [5, 5.41) is 15.1. The number of thioether (sulfide) groups is 1. The Labute approximate surface area is 191 Å². The monoisotopic (exact) mass is 464 g/mol. The molecule has 0 fully saturated rings. The van der Waals surface area contributed by atoms with Crippen LogP contribution in [0.15, 0.2) is 62.4 Å². The van der Waals surface area contributed by atoms with Crippen LogP contribution in [0.3, 0.4) is 0 Å². The summed E-state index contributed by atoms with van der Waals surface area (Å²) in [6, 6.07) is 11.8. The Kier molecular flexibility index (Phi) is 5.40. The number of benzene rings is 1. The number of nitrogens with one attached hydrogen (secondary N) is 1. The lowest BCUT2D eigenvalue weighted by molar-refractivity contribution is 0.583. The zero-order valence-corrected chi connectivity index (χ0v) is 19.3. The molecular weight excluding hydrogens is 444 g/mol. The Hall–Kier alpha value is -3.24. The van der Waals surface area contributed by atoms with E-state index in [0.29, 0.717) is 32.9 Å². The predicted octanol–water partition coefficient (Wildman–Crippen LogP) is 5.20. The topological polar surface area (TPSA) is 102 Å². The number of thiophene rings is 1. The zero-order valence-electron chi connectivity index (χ0n) is 17.6. The van der Waals surface area contributed by atoms with Gasteiger partial charge in [-0.05, 0) is 53.1 Å². The van der Waals surface area contributed by atoms with Crippen LogP contribution in [0.2, 0.25) is 0 Å². The molecule has 1 N–H and O–H groups in total. The molecule has 8 nitrogen and oxygen atoms in total. The minimum absolute atomic E-state index is 0.166. The van der Waals surface area contributed by atoms with E-state index in [1.165, 1.54) is 28.7 Å². The Morgan fingerprint density at radius 3 is 2.69 bits per heavy atom. The van der Waals surface area contributed by atoms with Crippen LogP contribution in [0.5, 0.6) is 0 Å². The van der Waals surface area contributed by atoms with Crippen LogP contribution >= 0.6 is 23.1 Å². The van der Waals surface area contributed by atoms with E-state index in [9.17, 15) is 4.79 Å². The number of rotatable bonds is 6. The number of H-pyrrole nitrogens is 1. The molecule has 0 bridgehead atoms. The molecule has 0 radical (unpaired) electrons. The Morgan fingerprint density at radius 2 is 1.97 bits per heavy atom. The van der Waals surface area contributed by atoms with Gasteiger partial charge in [0.05, 0.1) is 22.6 Å². The van der Waals surface area contributed by atoms with Gasteiger partial charge in [-0.25, -0.2) is 4.98 Å². The fourth-order valence-corrected chi connectivity index (χ4v) is 5.20. The van der Waals surface area contributed by atoms with Crippen LogP contribution in [0.4, 0.5) is 0 Å². The first-order valence-corrected chi connectivity index (χ1v) is 11.9. The van der Waals surface area contributed by atoms with Gasteiger partial charge in [-0.15, -0.1) is 16.4 Å². The van der Waals surface area contributed by atoms with Crippen LogP contribution < -0.4 is 5.56 Å². The van der Waals surface area contributed by atoms with Crippen molar-refractivity contribution < 1.29 is 4.42 Å². The lowest BCUT2D eigenvalue weighted by atomic mass is 10.0. The Balaban J connectivity index is 1.43. The van der Waals surface area contributed by atoms with Crippen molar-refractivity contribution in [2.45, 2.75) is 37.1 Å². The number of fused-ring (bicyclic) bond motifs is 1. The van der Waals surface area contributed by atoms with E-state index in [4.69, 9.17) is 9.40 Å². The van der Waals surface area contributed by atoms with Gasteiger partial charge in [0, 0.05) is 10.9 Å². The molecule has 162 valence electrons. The summed E-state index contributed by atoms with van der Waals surface area (Å²) in [5.41, 5.74) is 2.70. The maximum atomic E-state index is 12.9. The van der Waals surface area contributed by atoms with Crippen LogP contribution in [0.1, 0.15) is 43.3 Å². The van der Waals surface area contributed by atoms with Crippen molar-refractivity contribution in [3.63, 3.8) is 0 Å². The van der Waals surface area contributed by atoms with Crippen LogP contribution in [0, 0.1) is 0 Å². The SMILES string of the molecule is CC(C)c1ccc(-n2nnnc2SC(C)c2nc3scc(-c4ccco4)c3c(=O)[nH]2)cc1. The van der Waals surface area contributed by atoms with Crippen LogP contribution in [0.25, 0.3) is 27.2 Å². The van der Waals surface area contributed by atoms with Gasteiger partial charge < -0.3 is 9.40 Å². The quantitative estimate of drug-likeness (QED) is 0.345. The van der Waals surface area contributed by atoms with Gasteiger partial charge in [0.25, 0.3) is 5.56 Å². The van der Waals surface area contributed by atoms with Gasteiger partial charge in [0.2, 0.25) is 5.16 Å². The van der Waals surface area contributed by atoms with Crippen molar-refractivity contribution in [3.05, 3.63) is 69.8 Å². The van der Waals surface area contributed by atoms with Gasteiger partial charge in [0.1, 0.15) is 16.4 Å². The molecule has 5 aromatic rings. The van der Waals surface area contributed by atoms with E-state index in [-0.39, 0.29) is 10.8 Å². The number of nitrogens with zero attached hydrogens (tertiary/aromatic N) is 5. The van der Waals surface area contributed by atoms with Gasteiger partial charge in [-0.1, -0.05) is 37.7 Å². The largest absolute Gasteiger partial charge is 0.464 e. The molecule has 0 saturated heterocycles. The van der Waals surface area contributed by atoms with E-state index in [1.54, 1.807) is 17.0 Å². The van der Waals surface area contributed by atoms with E-state index >= 15 is 0 Å². The molecule has 32 heavy (non-hydrogen) atoms. The van der Waals surface area contributed by atoms with Crippen molar-refractivity contribution >= 4 is 33.3 Å². The molecular formula is C22H20N6O2S2. The first kappa shape index (κ1) is 20.7. The minimum Gasteiger partial charge on any atom is -0.464 e. The first-order chi connectivity index (χ1) is 15.5. The summed E-state index contributed by atoms with van der Waals surface area (Å²) < 4.78 is 7.16. The van der Waals surface area contributed by atoms with E-state index in [2.05, 4.69) is 46.5 Å². The molecule has 1 atom stereocenters. The third-order valence-electron chi connectivity index (χ3n) is 5.16. The van der Waals surface area contributed by atoms with E-state index in [0.717, 1.165) is 11.3 Å². The third-order valence-corrected chi connectivity index (χ3v) is 7.08. The summed E-state index contributed by atoms with van der Waals surface area (Å²) >= 11 is 2.86. The van der Waals surface area contributed by atoms with Crippen molar-refractivity contribution in [3.8, 4) is 17.0 Å². The molecule has 0 spiro atoms. The molecule has 10 heteroatoms. The van der Waals surface area contributed by atoms with Crippen molar-refractivity contribution in [1.29, 1.82) is 0 Å². The second-order valence-corrected chi connectivity index (χ2v) is 9.80. The van der Waals surface area contributed by atoms with Gasteiger partial charge in [-0.3, -0.25) is 4.79 Å². The number of furan rings is 1. The maximum Gasteiger partial charge on any atom is 0.260 e. The van der Waals surface area contributed by atoms with Crippen molar-refractivity contribution in [2.24, 2.45) is 0 Å². The number of aromatic nitrogens is 6. The summed E-state index contributed by atoms with van der Waals surface area (Å²) in [5.74, 6) is 1.68. The number of tetrazole rings is 1. The molecule has 0 aliphatic carbocycles. The van der Waals surface area contributed by atoms with E-state index < -0.39 is 0 Å². The van der Waals surface area contributed by atoms with Crippen molar-refractivity contribution in [1.82, 2.24) is 30.2 Å². The molecule has 5 rings (SSSR count). The summed E-state index contributed by atoms with van der Waals surface area (Å²) in [6.07, 6.45) is 1.59. The molecule has 0 amide bonds. The highest BCUT2D eigenvalue weighted by Gasteiger charge is 2.20. The average molecular weight is 465 g/mol. The van der Waals surface area contributed by atoms with Gasteiger partial charge in [-0.2, -0.15) is 4.68 Å². The minimum atomic E-state index is -0.186. The third kappa shape index (κ3) is 3.76. The predicted molar refractivity (Wildman–Crippen MR) is 125 cm³/mol. The van der Waals surface area contributed by atoms with Gasteiger partial charge in [0.15, 0.2) is 0 Å². The fraction of sp³-hybridized carbons (Fsp3) is 0.227. The van der Waals surface area contributed by atoms with Crippen LogP contribution in [-0.2, 0) is 0 Å². The molecule has 1 aromatic carbocycles. The summed E-state index contributed by atoms with van der Waals surface area (Å²) in [6.45, 7) is 6.28. The number of hydrogen-bond donors (Lipinski definition) is 1. The number of aromatic amines is 1. The van der Waals surface area contributed by atoms with Crippen LogP contribution in [-0.4, -0.2) is 30.2 Å². The average Bonchev–Trinajstić information content (AvgIpc) is 3.54. The first-order valence-electron chi connectivity index (χ1n) is 10.1. The van der Waals surface area contributed by atoms with Gasteiger partial charge >= 0.3 is 0 Å². The molecule has 0 saturated carbocycles. The molecule has 0 aliphatic rings. The second kappa shape index (κ2) is 8.36. The molecule has 4 heterocycles. The molecule has 0 aliphatic heterocycles. The Morgan fingerprint density at radius 1 is 1.16 bits per heavy atom. The Bertz CT molecular complexity index is 1420. The van der Waals surface area contributed by atoms with Crippen molar-refractivity contribution in [2.75, 3.05) is 0 Å². The maximum absolute atomic E-state index is 12.9.